The number of aromatic amines is 2. The van der Waals surface area contributed by atoms with Gasteiger partial charge in [0.1, 0.15) is 5.56 Å². The van der Waals surface area contributed by atoms with Gasteiger partial charge in [-0.05, 0) is 41.5 Å². The molecule has 0 fully saturated rings. The summed E-state index contributed by atoms with van der Waals surface area (Å²) in [5, 5.41) is 15.8. The molecule has 0 saturated carbocycles. The summed E-state index contributed by atoms with van der Waals surface area (Å²) in [6, 6.07) is 7.12. The van der Waals surface area contributed by atoms with Crippen LogP contribution in [0, 0.1) is 0 Å². The Morgan fingerprint density at radius 3 is 2.07 bits per heavy atom. The molecule has 28 heavy (non-hydrogen) atoms. The van der Waals surface area contributed by atoms with E-state index in [9.17, 15) is 24.3 Å². The van der Waals surface area contributed by atoms with Gasteiger partial charge in [0.25, 0.3) is 17.4 Å². The molecule has 2 aromatic carbocycles. The Balaban J connectivity index is 1.64. The lowest BCUT2D eigenvalue weighted by molar-refractivity contribution is 0.0616. The molecule has 0 saturated heterocycles. The number of imide groups is 1. The van der Waals surface area contributed by atoms with Gasteiger partial charge in [-0.1, -0.05) is 12.1 Å². The van der Waals surface area contributed by atoms with Gasteiger partial charge in [0.15, 0.2) is 0 Å². The van der Waals surface area contributed by atoms with Gasteiger partial charge in [0.05, 0.1) is 17.3 Å². The summed E-state index contributed by atoms with van der Waals surface area (Å²) in [5.74, 6) is -1.95. The van der Waals surface area contributed by atoms with E-state index < -0.39 is 28.9 Å². The Hall–Kier alpha value is -4.01. The van der Waals surface area contributed by atoms with Crippen LogP contribution in [0.4, 0.5) is 0 Å². The van der Waals surface area contributed by atoms with Crippen LogP contribution in [-0.4, -0.2) is 38.1 Å². The first-order chi connectivity index (χ1) is 13.5. The Morgan fingerprint density at radius 2 is 1.50 bits per heavy atom. The van der Waals surface area contributed by atoms with Crippen molar-refractivity contribution >= 4 is 28.8 Å². The summed E-state index contributed by atoms with van der Waals surface area (Å²) in [5.41, 5.74) is 0.769. The first kappa shape index (κ1) is 16.2. The van der Waals surface area contributed by atoms with Gasteiger partial charge >= 0.3 is 5.69 Å². The zero-order valence-corrected chi connectivity index (χ0v) is 14.3. The summed E-state index contributed by atoms with van der Waals surface area (Å²) in [7, 11) is 0. The van der Waals surface area contributed by atoms with E-state index in [4.69, 9.17) is 0 Å². The van der Waals surface area contributed by atoms with E-state index in [0.29, 0.717) is 21.5 Å². The largest absolute Gasteiger partial charge is 0.494 e. The summed E-state index contributed by atoms with van der Waals surface area (Å²) in [4.78, 5) is 52.7. The van der Waals surface area contributed by atoms with Crippen molar-refractivity contribution < 1.29 is 14.7 Å². The Labute approximate surface area is 155 Å². The standard InChI is InChI=1S/C19H12N4O5/c24-15-12(16(25)22-19(28)21-15)7-20-23-17(26)10-5-3-8-1-2-9-4-6-11(18(23)27)14(10)13(8)9/h3-7H,1-2H2,(H3,21,22,24,25,28)/b20-7+. The molecule has 0 spiro atoms. The molecule has 1 aliphatic heterocycles. The molecule has 0 radical (unpaired) electrons. The smallest absolute Gasteiger partial charge is 0.328 e. The number of hydrogen-bond acceptors (Lipinski definition) is 6. The monoisotopic (exact) mass is 376 g/mol. The van der Waals surface area contributed by atoms with Crippen molar-refractivity contribution in [1.29, 1.82) is 0 Å². The van der Waals surface area contributed by atoms with Crippen LogP contribution in [0.3, 0.4) is 0 Å². The minimum atomic E-state index is -0.899. The van der Waals surface area contributed by atoms with Crippen molar-refractivity contribution in [2.45, 2.75) is 12.8 Å². The van der Waals surface area contributed by atoms with E-state index in [0.717, 1.165) is 35.6 Å². The van der Waals surface area contributed by atoms with Gasteiger partial charge in [-0.15, -0.1) is 0 Å². The number of rotatable bonds is 2. The molecule has 3 aromatic rings. The molecule has 2 aliphatic rings. The van der Waals surface area contributed by atoms with E-state index in [1.54, 1.807) is 12.1 Å². The summed E-state index contributed by atoms with van der Waals surface area (Å²) < 4.78 is 0. The summed E-state index contributed by atoms with van der Waals surface area (Å²) >= 11 is 0. The van der Waals surface area contributed by atoms with Crippen LogP contribution < -0.4 is 11.2 Å². The summed E-state index contributed by atoms with van der Waals surface area (Å²) in [6.07, 6.45) is 2.60. The minimum Gasteiger partial charge on any atom is -0.494 e. The molecule has 3 N–H and O–H groups in total. The van der Waals surface area contributed by atoms with E-state index in [1.165, 1.54) is 0 Å². The predicted molar refractivity (Wildman–Crippen MR) is 98.8 cm³/mol. The minimum absolute atomic E-state index is 0.355. The van der Waals surface area contributed by atoms with Crippen LogP contribution >= 0.6 is 0 Å². The number of H-pyrrole nitrogens is 2. The highest BCUT2D eigenvalue weighted by Crippen LogP contribution is 2.38. The van der Waals surface area contributed by atoms with Crippen LogP contribution in [-0.2, 0) is 12.8 Å². The van der Waals surface area contributed by atoms with Crippen molar-refractivity contribution in [3.8, 4) is 5.88 Å². The molecule has 0 bridgehead atoms. The highest BCUT2D eigenvalue weighted by molar-refractivity contribution is 6.26. The molecule has 9 nitrogen and oxygen atoms in total. The lowest BCUT2D eigenvalue weighted by Gasteiger charge is -2.23. The molecule has 1 aromatic heterocycles. The van der Waals surface area contributed by atoms with Crippen molar-refractivity contribution in [2.75, 3.05) is 0 Å². The van der Waals surface area contributed by atoms with E-state index in [2.05, 4.69) is 5.10 Å². The second-order valence-electron chi connectivity index (χ2n) is 6.63. The second kappa shape index (κ2) is 5.49. The zero-order chi connectivity index (χ0) is 19.6. The topological polar surface area (TPSA) is 136 Å². The third-order valence-corrected chi connectivity index (χ3v) is 5.10. The van der Waals surface area contributed by atoms with Gasteiger partial charge < -0.3 is 5.11 Å². The number of benzene rings is 2. The Bertz CT molecular complexity index is 1310. The van der Waals surface area contributed by atoms with Crippen LogP contribution in [0.25, 0.3) is 10.8 Å². The van der Waals surface area contributed by atoms with E-state index >= 15 is 0 Å². The lowest BCUT2D eigenvalue weighted by atomic mass is 9.92. The van der Waals surface area contributed by atoms with Crippen molar-refractivity contribution in [3.05, 3.63) is 72.9 Å². The van der Waals surface area contributed by atoms with Crippen LogP contribution in [0.5, 0.6) is 5.88 Å². The number of nitrogens with zero attached hydrogens (tertiary/aromatic N) is 2. The average molecular weight is 376 g/mol. The maximum atomic E-state index is 12.9. The fourth-order valence-electron chi connectivity index (χ4n) is 3.83. The number of aromatic hydroxyl groups is 1. The molecule has 9 heteroatoms. The molecule has 2 amide bonds. The maximum Gasteiger partial charge on any atom is 0.328 e. The molecular weight excluding hydrogens is 364 g/mol. The van der Waals surface area contributed by atoms with E-state index in [1.807, 2.05) is 22.1 Å². The summed E-state index contributed by atoms with van der Waals surface area (Å²) in [6.45, 7) is 0. The number of hydrogen-bond donors (Lipinski definition) is 3. The third kappa shape index (κ3) is 2.10. The average Bonchev–Trinajstić information content (AvgIpc) is 3.08. The molecular formula is C19H12N4O5. The highest BCUT2D eigenvalue weighted by Gasteiger charge is 2.35. The third-order valence-electron chi connectivity index (χ3n) is 5.10. The van der Waals surface area contributed by atoms with Gasteiger partial charge in [0.2, 0.25) is 5.88 Å². The van der Waals surface area contributed by atoms with Gasteiger partial charge in [0, 0.05) is 5.39 Å². The van der Waals surface area contributed by atoms with Crippen LogP contribution in [0.1, 0.15) is 37.4 Å². The molecule has 2 heterocycles. The van der Waals surface area contributed by atoms with E-state index in [-0.39, 0.29) is 5.56 Å². The molecule has 1 aliphatic carbocycles. The van der Waals surface area contributed by atoms with Gasteiger partial charge in [-0.25, -0.2) is 4.79 Å². The lowest BCUT2D eigenvalue weighted by Crippen LogP contribution is -2.36. The molecule has 5 rings (SSSR count). The number of carbonyl (C=O) groups excluding carboxylic acids is 2. The van der Waals surface area contributed by atoms with Gasteiger partial charge in [-0.3, -0.25) is 24.4 Å². The van der Waals surface area contributed by atoms with Crippen LogP contribution in [0.15, 0.2) is 39.0 Å². The quantitative estimate of drug-likeness (QED) is 0.446. The number of hydrazone groups is 1. The number of nitrogens with one attached hydrogen (secondary N) is 2. The SMILES string of the molecule is O=C1c2ccc3c4c(ccc(c24)C(=O)N1/N=C/c1c(O)[nH]c(=O)[nH]c1=O)CC3. The highest BCUT2D eigenvalue weighted by atomic mass is 16.3. The van der Waals surface area contributed by atoms with Crippen molar-refractivity contribution in [2.24, 2.45) is 5.10 Å². The predicted octanol–water partition coefficient (Wildman–Crippen LogP) is 0.651. The second-order valence-corrected chi connectivity index (χ2v) is 6.63. The molecule has 138 valence electrons. The van der Waals surface area contributed by atoms with Crippen LogP contribution in [0.2, 0.25) is 0 Å². The van der Waals surface area contributed by atoms with Crippen molar-refractivity contribution in [3.63, 3.8) is 0 Å². The number of carbonyl (C=O) groups is 2. The Kier molecular flexibility index (Phi) is 3.17. The fraction of sp³-hybridized carbons (Fsp3) is 0.105. The number of amides is 2. The first-order valence-corrected chi connectivity index (χ1v) is 8.51. The zero-order valence-electron chi connectivity index (χ0n) is 14.3. The number of aromatic nitrogens is 2. The fourth-order valence-corrected chi connectivity index (χ4v) is 3.83. The van der Waals surface area contributed by atoms with Crippen molar-refractivity contribution in [1.82, 2.24) is 15.0 Å². The van der Waals surface area contributed by atoms with Gasteiger partial charge in [-0.2, -0.15) is 10.1 Å². The number of aryl methyl sites for hydroxylation is 2. The Morgan fingerprint density at radius 1 is 0.893 bits per heavy atom. The molecule has 0 atom stereocenters. The normalized spacial score (nSPS) is 15.2. The maximum absolute atomic E-state index is 12.9. The molecule has 0 unspecified atom stereocenters. The first-order valence-electron chi connectivity index (χ1n) is 8.51.